The molecule has 2 aromatic carbocycles. The summed E-state index contributed by atoms with van der Waals surface area (Å²) >= 11 is 0. The Hall–Kier alpha value is -3.35. The van der Waals surface area contributed by atoms with Crippen LogP contribution >= 0.6 is 0 Å². The van der Waals surface area contributed by atoms with Crippen LogP contribution < -0.4 is 20.9 Å². The standard InChI is InChI=1S/C19H21N3O4/c1-3-14-5-4-6-17(11-14)26-12-18(24)21-22-19(25)15-7-9-16(10-8-15)20-13(2)23/h4-11H,3,12H2,1-2H3,(H,20,23)(H,21,24)(H,22,25). The Morgan fingerprint density at radius 1 is 1.00 bits per heavy atom. The van der Waals surface area contributed by atoms with Gasteiger partial charge in [-0.05, 0) is 48.4 Å². The first-order valence-electron chi connectivity index (χ1n) is 8.16. The third-order valence-corrected chi connectivity index (χ3v) is 3.46. The molecule has 2 aromatic rings. The van der Waals surface area contributed by atoms with Gasteiger partial charge in [-0.3, -0.25) is 25.2 Å². The van der Waals surface area contributed by atoms with Crippen LogP contribution in [0.1, 0.15) is 29.8 Å². The number of hydrazine groups is 1. The summed E-state index contributed by atoms with van der Waals surface area (Å²) in [6.07, 6.45) is 0.875. The maximum atomic E-state index is 12.0. The molecule has 0 aliphatic rings. The van der Waals surface area contributed by atoms with E-state index < -0.39 is 11.8 Å². The summed E-state index contributed by atoms with van der Waals surface area (Å²) in [6, 6.07) is 13.7. The van der Waals surface area contributed by atoms with Crippen molar-refractivity contribution in [3.8, 4) is 5.75 Å². The van der Waals surface area contributed by atoms with Gasteiger partial charge in [0, 0.05) is 18.2 Å². The highest BCUT2D eigenvalue weighted by Crippen LogP contribution is 2.13. The highest BCUT2D eigenvalue weighted by molar-refractivity contribution is 5.96. The molecule has 2 rings (SSSR count). The lowest BCUT2D eigenvalue weighted by Gasteiger charge is -2.10. The molecule has 0 radical (unpaired) electrons. The highest BCUT2D eigenvalue weighted by Gasteiger charge is 2.08. The number of aryl methyl sites for hydroxylation is 1. The van der Waals surface area contributed by atoms with Gasteiger partial charge in [-0.15, -0.1) is 0 Å². The minimum Gasteiger partial charge on any atom is -0.484 e. The Morgan fingerprint density at radius 2 is 1.73 bits per heavy atom. The molecular formula is C19H21N3O4. The van der Waals surface area contributed by atoms with Gasteiger partial charge in [-0.2, -0.15) is 0 Å². The predicted molar refractivity (Wildman–Crippen MR) is 97.7 cm³/mol. The van der Waals surface area contributed by atoms with Crippen LogP contribution in [0.5, 0.6) is 5.75 Å². The zero-order valence-corrected chi connectivity index (χ0v) is 14.7. The van der Waals surface area contributed by atoms with Crippen molar-refractivity contribution >= 4 is 23.4 Å². The molecule has 0 spiro atoms. The number of carbonyl (C=O) groups excluding carboxylic acids is 3. The average Bonchev–Trinajstić information content (AvgIpc) is 2.64. The molecule has 136 valence electrons. The minimum atomic E-state index is -0.477. The summed E-state index contributed by atoms with van der Waals surface area (Å²) in [6.45, 7) is 3.22. The fraction of sp³-hybridized carbons (Fsp3) is 0.211. The Kier molecular flexibility index (Phi) is 6.73. The molecule has 0 unspecified atom stereocenters. The first-order chi connectivity index (χ1) is 12.5. The van der Waals surface area contributed by atoms with E-state index in [-0.39, 0.29) is 12.5 Å². The van der Waals surface area contributed by atoms with Crippen LogP contribution in [-0.2, 0) is 16.0 Å². The third kappa shape index (κ3) is 5.94. The molecule has 0 aliphatic carbocycles. The second kappa shape index (κ2) is 9.22. The summed E-state index contributed by atoms with van der Waals surface area (Å²) in [5, 5.41) is 2.60. The van der Waals surface area contributed by atoms with Crippen LogP contribution in [0.4, 0.5) is 5.69 Å². The second-order valence-corrected chi connectivity index (χ2v) is 5.55. The van der Waals surface area contributed by atoms with Crippen molar-refractivity contribution in [2.24, 2.45) is 0 Å². The molecule has 0 bridgehead atoms. The quantitative estimate of drug-likeness (QED) is 0.691. The van der Waals surface area contributed by atoms with Crippen molar-refractivity contribution in [3.63, 3.8) is 0 Å². The summed E-state index contributed by atoms with van der Waals surface area (Å²) < 4.78 is 5.40. The van der Waals surface area contributed by atoms with Gasteiger partial charge in [-0.25, -0.2) is 0 Å². The smallest absolute Gasteiger partial charge is 0.276 e. The lowest BCUT2D eigenvalue weighted by molar-refractivity contribution is -0.123. The normalized spacial score (nSPS) is 9.92. The molecule has 0 atom stereocenters. The van der Waals surface area contributed by atoms with Gasteiger partial charge in [0.05, 0.1) is 0 Å². The highest BCUT2D eigenvalue weighted by atomic mass is 16.5. The van der Waals surface area contributed by atoms with E-state index in [0.717, 1.165) is 12.0 Å². The lowest BCUT2D eigenvalue weighted by Crippen LogP contribution is -2.43. The lowest BCUT2D eigenvalue weighted by atomic mass is 10.2. The number of hydrogen-bond acceptors (Lipinski definition) is 4. The van der Waals surface area contributed by atoms with Crippen molar-refractivity contribution in [1.29, 1.82) is 0 Å². The summed E-state index contributed by atoms with van der Waals surface area (Å²) in [4.78, 5) is 34.7. The number of nitrogens with one attached hydrogen (secondary N) is 3. The fourth-order valence-electron chi connectivity index (χ4n) is 2.15. The fourth-order valence-corrected chi connectivity index (χ4v) is 2.15. The Balaban J connectivity index is 1.79. The van der Waals surface area contributed by atoms with Crippen LogP contribution in [-0.4, -0.2) is 24.3 Å². The molecule has 0 aromatic heterocycles. The molecule has 0 saturated heterocycles. The van der Waals surface area contributed by atoms with Crippen molar-refractivity contribution < 1.29 is 19.1 Å². The van der Waals surface area contributed by atoms with Crippen molar-refractivity contribution in [2.45, 2.75) is 20.3 Å². The number of amides is 3. The van der Waals surface area contributed by atoms with Gasteiger partial charge in [-0.1, -0.05) is 19.1 Å². The van der Waals surface area contributed by atoms with Crippen molar-refractivity contribution in [2.75, 3.05) is 11.9 Å². The van der Waals surface area contributed by atoms with Gasteiger partial charge in [0.2, 0.25) is 5.91 Å². The van der Waals surface area contributed by atoms with Gasteiger partial charge in [0.1, 0.15) is 5.75 Å². The maximum Gasteiger partial charge on any atom is 0.276 e. The van der Waals surface area contributed by atoms with E-state index >= 15 is 0 Å². The van der Waals surface area contributed by atoms with Crippen molar-refractivity contribution in [3.05, 3.63) is 59.7 Å². The molecule has 3 amide bonds. The predicted octanol–water partition coefficient (Wildman–Crippen LogP) is 2.05. The van der Waals surface area contributed by atoms with Crippen LogP contribution in [0.2, 0.25) is 0 Å². The molecule has 0 fully saturated rings. The zero-order valence-electron chi connectivity index (χ0n) is 14.7. The van der Waals surface area contributed by atoms with E-state index in [1.807, 2.05) is 25.1 Å². The molecular weight excluding hydrogens is 334 g/mol. The zero-order chi connectivity index (χ0) is 18.9. The molecule has 3 N–H and O–H groups in total. The maximum absolute atomic E-state index is 12.0. The van der Waals surface area contributed by atoms with E-state index in [4.69, 9.17) is 4.74 Å². The number of benzene rings is 2. The summed E-state index contributed by atoms with van der Waals surface area (Å²) in [5.41, 5.74) is 6.64. The molecule has 26 heavy (non-hydrogen) atoms. The number of ether oxygens (including phenoxy) is 1. The van der Waals surface area contributed by atoms with Crippen LogP contribution in [0.25, 0.3) is 0 Å². The van der Waals surface area contributed by atoms with Crippen LogP contribution in [0.3, 0.4) is 0 Å². The van der Waals surface area contributed by atoms with Crippen molar-refractivity contribution in [1.82, 2.24) is 10.9 Å². The largest absolute Gasteiger partial charge is 0.484 e. The van der Waals surface area contributed by atoms with E-state index in [0.29, 0.717) is 17.0 Å². The summed E-state index contributed by atoms with van der Waals surface area (Å²) in [7, 11) is 0. The number of hydrogen-bond donors (Lipinski definition) is 3. The third-order valence-electron chi connectivity index (χ3n) is 3.46. The molecule has 7 heteroatoms. The van der Waals surface area contributed by atoms with E-state index in [2.05, 4.69) is 16.2 Å². The summed E-state index contributed by atoms with van der Waals surface area (Å²) in [5.74, 6) is -0.547. The first-order valence-corrected chi connectivity index (χ1v) is 8.16. The minimum absolute atomic E-state index is 0.195. The van der Waals surface area contributed by atoms with Crippen LogP contribution in [0.15, 0.2) is 48.5 Å². The number of carbonyl (C=O) groups is 3. The van der Waals surface area contributed by atoms with E-state index in [9.17, 15) is 14.4 Å². The van der Waals surface area contributed by atoms with Crippen LogP contribution in [0, 0.1) is 0 Å². The molecule has 0 saturated carbocycles. The molecule has 0 heterocycles. The average molecular weight is 355 g/mol. The second-order valence-electron chi connectivity index (χ2n) is 5.55. The van der Waals surface area contributed by atoms with E-state index in [1.165, 1.54) is 6.92 Å². The number of rotatable bonds is 6. The van der Waals surface area contributed by atoms with Gasteiger partial charge < -0.3 is 10.1 Å². The topological polar surface area (TPSA) is 96.5 Å². The first kappa shape index (κ1) is 19.0. The SMILES string of the molecule is CCc1cccc(OCC(=O)NNC(=O)c2ccc(NC(C)=O)cc2)c1. The Bertz CT molecular complexity index is 788. The monoisotopic (exact) mass is 355 g/mol. The van der Waals surface area contributed by atoms with E-state index in [1.54, 1.807) is 30.3 Å². The van der Waals surface area contributed by atoms with Gasteiger partial charge >= 0.3 is 0 Å². The Morgan fingerprint density at radius 3 is 2.38 bits per heavy atom. The Labute approximate surface area is 151 Å². The van der Waals surface area contributed by atoms with Gasteiger partial charge in [0.15, 0.2) is 6.61 Å². The molecule has 0 aliphatic heterocycles. The molecule has 7 nitrogen and oxygen atoms in total. The number of anilines is 1. The van der Waals surface area contributed by atoms with Gasteiger partial charge in [0.25, 0.3) is 11.8 Å².